The van der Waals surface area contributed by atoms with Crippen LogP contribution in [-0.2, 0) is 9.59 Å². The van der Waals surface area contributed by atoms with Gasteiger partial charge in [-0.25, -0.2) is 0 Å². The average Bonchev–Trinajstić information content (AvgIpc) is 3.05. The zero-order valence-corrected chi connectivity index (χ0v) is 10.0. The molecule has 5 heteroatoms. The van der Waals surface area contributed by atoms with Crippen LogP contribution in [0.25, 0.3) is 0 Å². The van der Waals surface area contributed by atoms with Crippen molar-refractivity contribution >= 4 is 29.2 Å². The summed E-state index contributed by atoms with van der Waals surface area (Å²) in [6.45, 7) is 1.78. The number of halogens is 1. The minimum absolute atomic E-state index is 0.397. The summed E-state index contributed by atoms with van der Waals surface area (Å²) in [7, 11) is 0. The summed E-state index contributed by atoms with van der Waals surface area (Å²) in [6, 6.07) is 5.14. The molecule has 2 rings (SSSR count). The van der Waals surface area contributed by atoms with Gasteiger partial charge in [0.25, 0.3) is 0 Å². The SMILES string of the molecule is Cc1c(Cl)cccc1NC(=O)C1(C(=O)O)CC1. The number of aliphatic carboxylic acids is 1. The first-order valence-electron chi connectivity index (χ1n) is 5.27. The van der Waals surface area contributed by atoms with Gasteiger partial charge >= 0.3 is 5.97 Å². The van der Waals surface area contributed by atoms with Crippen LogP contribution in [0, 0.1) is 12.3 Å². The second-order valence-electron chi connectivity index (χ2n) is 4.25. The van der Waals surface area contributed by atoms with E-state index in [-0.39, 0.29) is 0 Å². The van der Waals surface area contributed by atoms with Crippen molar-refractivity contribution in [3.05, 3.63) is 28.8 Å². The molecule has 0 atom stereocenters. The quantitative estimate of drug-likeness (QED) is 0.813. The van der Waals surface area contributed by atoms with E-state index in [1.807, 2.05) is 0 Å². The molecule has 90 valence electrons. The number of amides is 1. The van der Waals surface area contributed by atoms with E-state index in [9.17, 15) is 9.59 Å². The van der Waals surface area contributed by atoms with E-state index >= 15 is 0 Å². The summed E-state index contributed by atoms with van der Waals surface area (Å²) >= 11 is 5.92. The Morgan fingerprint density at radius 1 is 1.41 bits per heavy atom. The standard InChI is InChI=1S/C12H12ClNO3/c1-7-8(13)3-2-4-9(7)14-10(15)12(5-6-12)11(16)17/h2-4H,5-6H2,1H3,(H,14,15)(H,16,17). The first kappa shape index (κ1) is 11.9. The fraction of sp³-hybridized carbons (Fsp3) is 0.333. The summed E-state index contributed by atoms with van der Waals surface area (Å²) in [5.74, 6) is -1.52. The highest BCUT2D eigenvalue weighted by atomic mass is 35.5. The lowest BCUT2D eigenvalue weighted by molar-refractivity contribution is -0.147. The molecule has 1 amide bonds. The van der Waals surface area contributed by atoms with Crippen molar-refractivity contribution < 1.29 is 14.7 Å². The Labute approximate surface area is 104 Å². The van der Waals surface area contributed by atoms with Crippen LogP contribution in [0.15, 0.2) is 18.2 Å². The topological polar surface area (TPSA) is 66.4 Å². The maximum atomic E-state index is 11.9. The maximum Gasteiger partial charge on any atom is 0.319 e. The largest absolute Gasteiger partial charge is 0.480 e. The number of nitrogens with one attached hydrogen (secondary N) is 1. The Balaban J connectivity index is 2.20. The molecule has 1 saturated carbocycles. The lowest BCUT2D eigenvalue weighted by atomic mass is 10.1. The molecule has 0 spiro atoms. The summed E-state index contributed by atoms with van der Waals surface area (Å²) in [4.78, 5) is 22.8. The van der Waals surface area contributed by atoms with Gasteiger partial charge in [0, 0.05) is 10.7 Å². The van der Waals surface area contributed by atoms with E-state index in [4.69, 9.17) is 16.7 Å². The second kappa shape index (κ2) is 4.04. The highest BCUT2D eigenvalue weighted by molar-refractivity contribution is 6.31. The first-order valence-corrected chi connectivity index (χ1v) is 5.65. The predicted molar refractivity (Wildman–Crippen MR) is 64.1 cm³/mol. The van der Waals surface area contributed by atoms with E-state index in [0.717, 1.165) is 5.56 Å². The Morgan fingerprint density at radius 2 is 2.06 bits per heavy atom. The lowest BCUT2D eigenvalue weighted by Gasteiger charge is -2.13. The van der Waals surface area contributed by atoms with Crippen LogP contribution in [0.4, 0.5) is 5.69 Å². The number of carbonyl (C=O) groups excluding carboxylic acids is 1. The van der Waals surface area contributed by atoms with E-state index in [1.165, 1.54) is 0 Å². The number of carboxylic acids is 1. The van der Waals surface area contributed by atoms with Crippen LogP contribution < -0.4 is 5.32 Å². The van der Waals surface area contributed by atoms with E-state index in [1.54, 1.807) is 25.1 Å². The highest BCUT2D eigenvalue weighted by Crippen LogP contribution is 2.47. The van der Waals surface area contributed by atoms with Crippen molar-refractivity contribution in [2.45, 2.75) is 19.8 Å². The normalized spacial score (nSPS) is 16.4. The number of hydrogen-bond acceptors (Lipinski definition) is 2. The van der Waals surface area contributed by atoms with Gasteiger partial charge in [0.05, 0.1) is 0 Å². The molecule has 0 aromatic heterocycles. The van der Waals surface area contributed by atoms with Crippen molar-refractivity contribution in [1.29, 1.82) is 0 Å². The third kappa shape index (κ3) is 2.00. The number of hydrogen-bond donors (Lipinski definition) is 2. The first-order chi connectivity index (χ1) is 7.97. The summed E-state index contributed by atoms with van der Waals surface area (Å²) < 4.78 is 0. The molecule has 17 heavy (non-hydrogen) atoms. The number of carbonyl (C=O) groups is 2. The fourth-order valence-electron chi connectivity index (χ4n) is 1.65. The molecular weight excluding hydrogens is 242 g/mol. The van der Waals surface area contributed by atoms with Crippen LogP contribution in [0.2, 0.25) is 5.02 Å². The van der Waals surface area contributed by atoms with Crippen molar-refractivity contribution in [3.63, 3.8) is 0 Å². The van der Waals surface area contributed by atoms with Crippen LogP contribution in [0.1, 0.15) is 18.4 Å². The molecular formula is C12H12ClNO3. The Kier molecular flexibility index (Phi) is 2.83. The van der Waals surface area contributed by atoms with Crippen LogP contribution >= 0.6 is 11.6 Å². The minimum Gasteiger partial charge on any atom is -0.480 e. The third-order valence-corrected chi connectivity index (χ3v) is 3.52. The summed E-state index contributed by atoms with van der Waals surface area (Å²) in [5.41, 5.74) is 0.0770. The molecule has 1 fully saturated rings. The molecule has 0 radical (unpaired) electrons. The van der Waals surface area contributed by atoms with Crippen molar-refractivity contribution in [2.75, 3.05) is 5.32 Å². The van der Waals surface area contributed by atoms with Gasteiger partial charge in [0.2, 0.25) is 5.91 Å². The van der Waals surface area contributed by atoms with Crippen LogP contribution in [0.3, 0.4) is 0 Å². The molecule has 0 unspecified atom stereocenters. The highest BCUT2D eigenvalue weighted by Gasteiger charge is 2.57. The molecule has 0 saturated heterocycles. The molecule has 1 aliphatic carbocycles. The lowest BCUT2D eigenvalue weighted by Crippen LogP contribution is -2.31. The van der Waals surface area contributed by atoms with Crippen LogP contribution in [-0.4, -0.2) is 17.0 Å². The monoisotopic (exact) mass is 253 g/mol. The molecule has 2 N–H and O–H groups in total. The van der Waals surface area contributed by atoms with Crippen LogP contribution in [0.5, 0.6) is 0 Å². The molecule has 0 heterocycles. The summed E-state index contributed by atoms with van der Waals surface area (Å²) in [5, 5.41) is 12.2. The van der Waals surface area contributed by atoms with Gasteiger partial charge in [-0.2, -0.15) is 0 Å². The fourth-order valence-corrected chi connectivity index (χ4v) is 1.82. The zero-order chi connectivity index (χ0) is 12.6. The van der Waals surface area contributed by atoms with Gasteiger partial charge in [0.1, 0.15) is 5.41 Å². The van der Waals surface area contributed by atoms with Gasteiger partial charge < -0.3 is 10.4 Å². The average molecular weight is 254 g/mol. The number of carboxylic acid groups (broad SMARTS) is 1. The Morgan fingerprint density at radius 3 is 2.59 bits per heavy atom. The molecule has 1 aromatic carbocycles. The molecule has 0 bridgehead atoms. The van der Waals surface area contributed by atoms with Gasteiger partial charge in [-0.1, -0.05) is 17.7 Å². The van der Waals surface area contributed by atoms with Gasteiger partial charge in [-0.3, -0.25) is 9.59 Å². The summed E-state index contributed by atoms with van der Waals surface area (Å²) in [6.07, 6.45) is 0.793. The van der Waals surface area contributed by atoms with Gasteiger partial charge in [0.15, 0.2) is 0 Å². The van der Waals surface area contributed by atoms with Crippen molar-refractivity contribution in [2.24, 2.45) is 5.41 Å². The smallest absolute Gasteiger partial charge is 0.319 e. The predicted octanol–water partition coefficient (Wildman–Crippen LogP) is 2.45. The molecule has 0 aliphatic heterocycles. The Bertz CT molecular complexity index is 495. The Hall–Kier alpha value is -1.55. The van der Waals surface area contributed by atoms with E-state index < -0.39 is 17.3 Å². The minimum atomic E-state index is -1.23. The third-order valence-electron chi connectivity index (χ3n) is 3.11. The van der Waals surface area contributed by atoms with Crippen molar-refractivity contribution in [1.82, 2.24) is 0 Å². The van der Waals surface area contributed by atoms with E-state index in [2.05, 4.69) is 5.32 Å². The molecule has 1 aliphatic rings. The zero-order valence-electron chi connectivity index (χ0n) is 9.29. The number of rotatable bonds is 3. The maximum absolute atomic E-state index is 11.9. The van der Waals surface area contributed by atoms with Gasteiger partial charge in [-0.15, -0.1) is 0 Å². The van der Waals surface area contributed by atoms with Gasteiger partial charge in [-0.05, 0) is 37.5 Å². The molecule has 1 aromatic rings. The second-order valence-corrected chi connectivity index (χ2v) is 4.66. The van der Waals surface area contributed by atoms with E-state index in [0.29, 0.717) is 23.6 Å². The van der Waals surface area contributed by atoms with Crippen molar-refractivity contribution in [3.8, 4) is 0 Å². The number of anilines is 1. The molecule has 4 nitrogen and oxygen atoms in total. The number of benzene rings is 1.